The van der Waals surface area contributed by atoms with E-state index >= 15 is 0 Å². The van der Waals surface area contributed by atoms with E-state index in [0.29, 0.717) is 19.7 Å². The molecule has 2 rings (SSSR count). The number of nitrogens with two attached hydrogens (primary N) is 1. The number of furan rings is 1. The lowest BCUT2D eigenvalue weighted by molar-refractivity contribution is 0.0571. The molecule has 2 atom stereocenters. The summed E-state index contributed by atoms with van der Waals surface area (Å²) >= 11 is 0. The Kier molecular flexibility index (Phi) is 5.03. The standard InChI is InChI=1S/C14H23N3O3/c1-3-19-14(18)17-8-6-16(7-9-17)13(11(2)15)12-5-4-10-20-12/h4-5,10-11,13H,3,6-9,15H2,1-2H3. The lowest BCUT2D eigenvalue weighted by atomic mass is 10.1. The molecule has 1 aliphatic heterocycles. The number of hydrogen-bond acceptors (Lipinski definition) is 5. The average Bonchev–Trinajstić information content (AvgIpc) is 2.93. The van der Waals surface area contributed by atoms with Crippen molar-refractivity contribution < 1.29 is 13.9 Å². The number of carbonyl (C=O) groups is 1. The largest absolute Gasteiger partial charge is 0.468 e. The third-order valence-corrected chi connectivity index (χ3v) is 3.57. The molecule has 2 heterocycles. The zero-order chi connectivity index (χ0) is 14.5. The molecule has 1 fully saturated rings. The smallest absolute Gasteiger partial charge is 0.409 e. The van der Waals surface area contributed by atoms with Gasteiger partial charge in [-0.25, -0.2) is 4.79 Å². The van der Waals surface area contributed by atoms with Crippen molar-refractivity contribution in [2.24, 2.45) is 5.73 Å². The second kappa shape index (κ2) is 6.76. The molecule has 0 bridgehead atoms. The van der Waals surface area contributed by atoms with Crippen molar-refractivity contribution in [3.05, 3.63) is 24.2 Å². The van der Waals surface area contributed by atoms with Crippen LogP contribution in [0, 0.1) is 0 Å². The Morgan fingerprint density at radius 1 is 1.45 bits per heavy atom. The molecule has 0 aromatic carbocycles. The summed E-state index contributed by atoms with van der Waals surface area (Å²) in [6.07, 6.45) is 1.43. The van der Waals surface area contributed by atoms with Crippen LogP contribution in [0.15, 0.2) is 22.8 Å². The summed E-state index contributed by atoms with van der Waals surface area (Å²) in [4.78, 5) is 15.7. The molecule has 112 valence electrons. The fourth-order valence-corrected chi connectivity index (χ4v) is 2.63. The minimum Gasteiger partial charge on any atom is -0.468 e. The number of ether oxygens (including phenoxy) is 1. The van der Waals surface area contributed by atoms with Crippen LogP contribution in [0.1, 0.15) is 25.6 Å². The van der Waals surface area contributed by atoms with E-state index in [2.05, 4.69) is 4.90 Å². The first kappa shape index (κ1) is 14.9. The summed E-state index contributed by atoms with van der Waals surface area (Å²) in [5, 5.41) is 0. The highest BCUT2D eigenvalue weighted by molar-refractivity contribution is 5.67. The SMILES string of the molecule is CCOC(=O)N1CCN(C(c2ccco2)C(C)N)CC1. The molecule has 1 saturated heterocycles. The normalized spacial score (nSPS) is 19.6. The van der Waals surface area contributed by atoms with Gasteiger partial charge >= 0.3 is 6.09 Å². The van der Waals surface area contributed by atoms with E-state index in [1.54, 1.807) is 11.2 Å². The van der Waals surface area contributed by atoms with E-state index in [4.69, 9.17) is 14.9 Å². The number of piperazine rings is 1. The van der Waals surface area contributed by atoms with E-state index in [-0.39, 0.29) is 18.2 Å². The number of nitrogens with zero attached hydrogens (tertiary/aromatic N) is 2. The van der Waals surface area contributed by atoms with Crippen molar-refractivity contribution in [3.63, 3.8) is 0 Å². The van der Waals surface area contributed by atoms with Crippen LogP contribution in [-0.4, -0.2) is 54.7 Å². The summed E-state index contributed by atoms with van der Waals surface area (Å²) in [5.74, 6) is 0.879. The molecule has 1 aliphatic rings. The number of rotatable bonds is 4. The monoisotopic (exact) mass is 281 g/mol. The van der Waals surface area contributed by atoms with Crippen molar-refractivity contribution in [1.29, 1.82) is 0 Å². The Morgan fingerprint density at radius 3 is 2.65 bits per heavy atom. The van der Waals surface area contributed by atoms with Gasteiger partial charge in [0.2, 0.25) is 0 Å². The van der Waals surface area contributed by atoms with E-state index in [1.807, 2.05) is 26.0 Å². The fraction of sp³-hybridized carbons (Fsp3) is 0.643. The first-order valence-electron chi connectivity index (χ1n) is 7.08. The topological polar surface area (TPSA) is 71.9 Å². The van der Waals surface area contributed by atoms with Gasteiger partial charge in [0.15, 0.2) is 0 Å². The maximum absolute atomic E-state index is 11.7. The molecule has 0 spiro atoms. The molecule has 1 amide bonds. The van der Waals surface area contributed by atoms with Gasteiger partial charge in [0.05, 0.1) is 18.9 Å². The molecular formula is C14H23N3O3. The molecule has 0 saturated carbocycles. The van der Waals surface area contributed by atoms with Gasteiger partial charge in [0, 0.05) is 32.2 Å². The van der Waals surface area contributed by atoms with Crippen molar-refractivity contribution in [2.75, 3.05) is 32.8 Å². The lowest BCUT2D eigenvalue weighted by Gasteiger charge is -2.39. The summed E-state index contributed by atoms with van der Waals surface area (Å²) in [5.41, 5.74) is 6.09. The maximum atomic E-state index is 11.7. The van der Waals surface area contributed by atoms with Crippen LogP contribution >= 0.6 is 0 Å². The molecule has 20 heavy (non-hydrogen) atoms. The van der Waals surface area contributed by atoms with Crippen molar-refractivity contribution in [3.8, 4) is 0 Å². The Morgan fingerprint density at radius 2 is 2.15 bits per heavy atom. The Labute approximate surface area is 119 Å². The zero-order valence-corrected chi connectivity index (χ0v) is 12.1. The van der Waals surface area contributed by atoms with E-state index in [9.17, 15) is 4.79 Å². The number of hydrogen-bond donors (Lipinski definition) is 1. The Hall–Kier alpha value is -1.53. The van der Waals surface area contributed by atoms with Crippen LogP contribution in [-0.2, 0) is 4.74 Å². The van der Waals surface area contributed by atoms with Crippen molar-refractivity contribution in [2.45, 2.75) is 25.9 Å². The molecule has 1 aromatic rings. The first-order chi connectivity index (χ1) is 9.63. The second-order valence-corrected chi connectivity index (χ2v) is 5.04. The van der Waals surface area contributed by atoms with Crippen LogP contribution < -0.4 is 5.73 Å². The van der Waals surface area contributed by atoms with Crippen molar-refractivity contribution >= 4 is 6.09 Å². The van der Waals surface area contributed by atoms with E-state index < -0.39 is 0 Å². The van der Waals surface area contributed by atoms with Gasteiger partial charge in [-0.2, -0.15) is 0 Å². The first-order valence-corrected chi connectivity index (χ1v) is 7.08. The Balaban J connectivity index is 1.96. The van der Waals surface area contributed by atoms with Crippen LogP contribution in [0.2, 0.25) is 0 Å². The van der Waals surface area contributed by atoms with Gasteiger partial charge in [-0.1, -0.05) is 0 Å². The summed E-state index contributed by atoms with van der Waals surface area (Å²) in [6.45, 7) is 7.05. The van der Waals surface area contributed by atoms with Crippen molar-refractivity contribution in [1.82, 2.24) is 9.80 Å². The molecule has 2 N–H and O–H groups in total. The molecule has 6 heteroatoms. The molecule has 0 radical (unpaired) electrons. The highest BCUT2D eigenvalue weighted by Crippen LogP contribution is 2.25. The predicted molar refractivity (Wildman–Crippen MR) is 75.3 cm³/mol. The second-order valence-electron chi connectivity index (χ2n) is 5.04. The van der Waals surface area contributed by atoms with Gasteiger partial charge in [0.1, 0.15) is 5.76 Å². The molecule has 1 aromatic heterocycles. The number of carbonyl (C=O) groups excluding carboxylic acids is 1. The quantitative estimate of drug-likeness (QED) is 0.904. The maximum Gasteiger partial charge on any atom is 0.409 e. The predicted octanol–water partition coefficient (Wildman–Crippen LogP) is 1.44. The van der Waals surface area contributed by atoms with Gasteiger partial charge in [-0.15, -0.1) is 0 Å². The fourth-order valence-electron chi connectivity index (χ4n) is 2.63. The summed E-state index contributed by atoms with van der Waals surface area (Å²) < 4.78 is 10.5. The van der Waals surface area contributed by atoms with Gasteiger partial charge < -0.3 is 19.8 Å². The Bertz CT molecular complexity index is 411. The van der Waals surface area contributed by atoms with Crippen LogP contribution in [0.5, 0.6) is 0 Å². The van der Waals surface area contributed by atoms with Crippen LogP contribution in [0.4, 0.5) is 4.79 Å². The minimum atomic E-state index is -0.234. The number of amides is 1. The lowest BCUT2D eigenvalue weighted by Crippen LogP contribution is -2.52. The molecule has 0 aliphatic carbocycles. The minimum absolute atomic E-state index is 0.0321. The summed E-state index contributed by atoms with van der Waals surface area (Å²) in [7, 11) is 0. The third kappa shape index (κ3) is 3.32. The van der Waals surface area contributed by atoms with E-state index in [1.165, 1.54) is 0 Å². The average molecular weight is 281 g/mol. The van der Waals surface area contributed by atoms with Gasteiger partial charge in [-0.3, -0.25) is 4.90 Å². The molecular weight excluding hydrogens is 258 g/mol. The summed E-state index contributed by atoms with van der Waals surface area (Å²) in [6, 6.07) is 3.84. The van der Waals surface area contributed by atoms with Gasteiger partial charge in [-0.05, 0) is 26.0 Å². The molecule has 2 unspecified atom stereocenters. The van der Waals surface area contributed by atoms with Crippen LogP contribution in [0.3, 0.4) is 0 Å². The van der Waals surface area contributed by atoms with E-state index in [0.717, 1.165) is 18.8 Å². The van der Waals surface area contributed by atoms with Gasteiger partial charge in [0.25, 0.3) is 0 Å². The highest BCUT2D eigenvalue weighted by Gasteiger charge is 2.30. The van der Waals surface area contributed by atoms with Crippen LogP contribution in [0.25, 0.3) is 0 Å². The zero-order valence-electron chi connectivity index (χ0n) is 12.1. The molecule has 6 nitrogen and oxygen atoms in total. The highest BCUT2D eigenvalue weighted by atomic mass is 16.6. The third-order valence-electron chi connectivity index (χ3n) is 3.57.